The first kappa shape index (κ1) is 4.05. The molecule has 0 aliphatic rings. The van der Waals surface area contributed by atoms with Gasteiger partial charge in [-0.2, -0.15) is 0 Å². The van der Waals surface area contributed by atoms with Crippen LogP contribution in [-0.4, -0.2) is 9.97 Å². The first-order valence-electron chi connectivity index (χ1n) is 1.83. The molecule has 0 saturated carbocycles. The number of hydrogen-bond acceptors (Lipinski definition) is 3. The summed E-state index contributed by atoms with van der Waals surface area (Å²) in [7, 11) is 0. The molecule has 0 bridgehead atoms. The molecule has 0 aliphatic heterocycles. The third-order valence-electron chi connectivity index (χ3n) is 0.542. The molecule has 0 unspecified atom stereocenters. The Morgan fingerprint density at radius 3 is 2.14 bits per heavy atom. The van der Waals surface area contributed by atoms with Crippen LogP contribution in [0.25, 0.3) is 0 Å². The zero-order valence-corrected chi connectivity index (χ0v) is 3.53. The van der Waals surface area contributed by atoms with Crippen molar-refractivity contribution >= 4 is 0 Å². The highest BCUT2D eigenvalue weighted by atomic mass is 16.3. The molecule has 0 aliphatic carbocycles. The molecule has 0 spiro atoms. The van der Waals surface area contributed by atoms with E-state index in [1.165, 1.54) is 12.4 Å². The maximum absolute atomic E-state index is 10.0. The Morgan fingerprint density at radius 1 is 1.29 bits per heavy atom. The quantitative estimate of drug-likeness (QED) is 0.438. The zero-order valence-electron chi connectivity index (χ0n) is 3.53. The van der Waals surface area contributed by atoms with Crippen molar-refractivity contribution < 1.29 is 5.11 Å². The summed E-state index contributed by atoms with van der Waals surface area (Å²) >= 11 is 0. The van der Waals surface area contributed by atoms with Gasteiger partial charge in [-0.25, -0.2) is 0 Å². The van der Waals surface area contributed by atoms with E-state index in [1.54, 1.807) is 6.07 Å². The van der Waals surface area contributed by atoms with Gasteiger partial charge in [0, 0.05) is 12.4 Å². The highest BCUT2D eigenvalue weighted by molar-refractivity contribution is 4.88. The molecule has 0 radical (unpaired) electrons. The number of rotatable bonds is 0. The van der Waals surface area contributed by atoms with Crippen LogP contribution in [0.3, 0.4) is 0 Å². The molecular formula is C4H3N2O-. The molecule has 0 atom stereocenters. The van der Waals surface area contributed by atoms with Crippen LogP contribution in [0.5, 0.6) is 6.01 Å². The van der Waals surface area contributed by atoms with Crippen molar-refractivity contribution in [3.05, 3.63) is 18.5 Å². The molecule has 0 fully saturated rings. The molecule has 36 valence electrons. The fourth-order valence-electron chi connectivity index (χ4n) is 0.285. The van der Waals surface area contributed by atoms with E-state index in [4.69, 9.17) is 0 Å². The second-order valence-corrected chi connectivity index (χ2v) is 1.03. The van der Waals surface area contributed by atoms with Crippen LogP contribution < -0.4 is 5.11 Å². The number of aromatic nitrogens is 2. The highest BCUT2D eigenvalue weighted by Crippen LogP contribution is 1.83. The zero-order chi connectivity index (χ0) is 5.11. The molecule has 0 aromatic carbocycles. The average Bonchev–Trinajstić information content (AvgIpc) is 1.69. The van der Waals surface area contributed by atoms with Crippen molar-refractivity contribution in [2.45, 2.75) is 0 Å². The third kappa shape index (κ3) is 0.855. The predicted octanol–water partition coefficient (Wildman–Crippen LogP) is -0.450. The van der Waals surface area contributed by atoms with Crippen LogP contribution in [-0.2, 0) is 0 Å². The van der Waals surface area contributed by atoms with Gasteiger partial charge in [-0.3, -0.25) is 9.97 Å². The van der Waals surface area contributed by atoms with E-state index < -0.39 is 6.01 Å². The summed E-state index contributed by atoms with van der Waals surface area (Å²) in [5.41, 5.74) is 0. The van der Waals surface area contributed by atoms with E-state index >= 15 is 0 Å². The molecule has 1 aromatic rings. The maximum atomic E-state index is 10.0. The molecule has 7 heavy (non-hydrogen) atoms. The lowest BCUT2D eigenvalue weighted by Gasteiger charge is -1.95. The minimum atomic E-state index is -0.428. The van der Waals surface area contributed by atoms with E-state index in [1.807, 2.05) is 0 Å². The van der Waals surface area contributed by atoms with Crippen LogP contribution in [0.1, 0.15) is 0 Å². The van der Waals surface area contributed by atoms with Gasteiger partial charge in [0.2, 0.25) is 0 Å². The maximum Gasteiger partial charge on any atom is 0.0821 e. The molecule has 3 nitrogen and oxygen atoms in total. The minimum Gasteiger partial charge on any atom is -0.844 e. The Morgan fingerprint density at radius 2 is 1.86 bits per heavy atom. The van der Waals surface area contributed by atoms with Gasteiger partial charge in [0.15, 0.2) is 0 Å². The monoisotopic (exact) mass is 95.0 g/mol. The average molecular weight is 95.1 g/mol. The Bertz CT molecular complexity index is 140. The molecule has 1 heterocycles. The van der Waals surface area contributed by atoms with E-state index in [0.717, 1.165) is 0 Å². The topological polar surface area (TPSA) is 48.8 Å². The van der Waals surface area contributed by atoms with Crippen LogP contribution in [0.2, 0.25) is 0 Å². The van der Waals surface area contributed by atoms with Gasteiger partial charge in [-0.15, -0.1) is 0 Å². The van der Waals surface area contributed by atoms with Gasteiger partial charge in [-0.05, 0) is 6.07 Å². The Balaban J connectivity index is 3.02. The summed E-state index contributed by atoms with van der Waals surface area (Å²) in [6.07, 6.45) is 2.82. The summed E-state index contributed by atoms with van der Waals surface area (Å²) in [6, 6.07) is 1.17. The molecule has 0 N–H and O–H groups in total. The first-order valence-corrected chi connectivity index (χ1v) is 1.83. The lowest BCUT2D eigenvalue weighted by Crippen LogP contribution is -1.94. The smallest absolute Gasteiger partial charge is 0.0821 e. The van der Waals surface area contributed by atoms with Crippen molar-refractivity contribution in [2.75, 3.05) is 0 Å². The molecule has 1 aromatic heterocycles. The van der Waals surface area contributed by atoms with Gasteiger partial charge in [0.1, 0.15) is 0 Å². The Hall–Kier alpha value is -1.12. The Labute approximate surface area is 40.7 Å². The fourth-order valence-corrected chi connectivity index (χ4v) is 0.285. The van der Waals surface area contributed by atoms with Crippen molar-refractivity contribution in [3.63, 3.8) is 0 Å². The van der Waals surface area contributed by atoms with Gasteiger partial charge in [0.05, 0.1) is 6.01 Å². The second-order valence-electron chi connectivity index (χ2n) is 1.03. The molecule has 1 rings (SSSR count). The Kier molecular flexibility index (Phi) is 0.898. The van der Waals surface area contributed by atoms with E-state index in [-0.39, 0.29) is 0 Å². The minimum absolute atomic E-state index is 0.428. The summed E-state index contributed by atoms with van der Waals surface area (Å²) in [6.45, 7) is 0. The first-order chi connectivity index (χ1) is 3.39. The normalized spacial score (nSPS) is 8.57. The van der Waals surface area contributed by atoms with Gasteiger partial charge < -0.3 is 5.11 Å². The summed E-state index contributed by atoms with van der Waals surface area (Å²) in [5.74, 6) is 0. The molecule has 0 saturated heterocycles. The number of nitrogens with zero attached hydrogens (tertiary/aromatic N) is 2. The van der Waals surface area contributed by atoms with Gasteiger partial charge in [0.25, 0.3) is 0 Å². The summed E-state index contributed by atoms with van der Waals surface area (Å²) in [4.78, 5) is 6.62. The van der Waals surface area contributed by atoms with E-state index in [9.17, 15) is 5.11 Å². The van der Waals surface area contributed by atoms with E-state index in [0.29, 0.717) is 0 Å². The van der Waals surface area contributed by atoms with Crippen molar-refractivity contribution in [2.24, 2.45) is 0 Å². The molecule has 3 heteroatoms. The standard InChI is InChI=1S/C4H4N2O/c7-4-5-2-1-3-6-4/h1-3H,(H,5,6,7)/p-1. The number of hydrogen-bond donors (Lipinski definition) is 0. The van der Waals surface area contributed by atoms with Crippen LogP contribution >= 0.6 is 0 Å². The van der Waals surface area contributed by atoms with Crippen molar-refractivity contribution in [3.8, 4) is 6.01 Å². The lowest BCUT2D eigenvalue weighted by molar-refractivity contribution is -0.281. The highest BCUT2D eigenvalue weighted by Gasteiger charge is 1.67. The fraction of sp³-hybridized carbons (Fsp3) is 0. The van der Waals surface area contributed by atoms with Crippen molar-refractivity contribution in [1.82, 2.24) is 9.97 Å². The third-order valence-corrected chi connectivity index (χ3v) is 0.542. The van der Waals surface area contributed by atoms with E-state index in [2.05, 4.69) is 9.97 Å². The lowest BCUT2D eigenvalue weighted by atomic mass is 10.7. The van der Waals surface area contributed by atoms with Crippen molar-refractivity contribution in [1.29, 1.82) is 0 Å². The molecule has 0 amide bonds. The SMILES string of the molecule is [O-]c1ncccn1. The van der Waals surface area contributed by atoms with Gasteiger partial charge >= 0.3 is 0 Å². The second kappa shape index (κ2) is 1.55. The predicted molar refractivity (Wildman–Crippen MR) is 21.5 cm³/mol. The van der Waals surface area contributed by atoms with Crippen LogP contribution in [0, 0.1) is 0 Å². The summed E-state index contributed by atoms with van der Waals surface area (Å²) in [5, 5.41) is 10.0. The summed E-state index contributed by atoms with van der Waals surface area (Å²) < 4.78 is 0. The van der Waals surface area contributed by atoms with Gasteiger partial charge in [-0.1, -0.05) is 0 Å². The molecular weight excluding hydrogens is 92.1 g/mol. The van der Waals surface area contributed by atoms with Crippen LogP contribution in [0.4, 0.5) is 0 Å². The largest absolute Gasteiger partial charge is 0.844 e. The van der Waals surface area contributed by atoms with Crippen LogP contribution in [0.15, 0.2) is 18.5 Å².